The summed E-state index contributed by atoms with van der Waals surface area (Å²) in [7, 11) is 2.11. The molecule has 0 aliphatic carbocycles. The predicted octanol–water partition coefficient (Wildman–Crippen LogP) is 0.951. The number of rotatable bonds is 8. The second-order valence-corrected chi connectivity index (χ2v) is 8.31. The standard InChI is InChI=1S/C24H29N7O3/c1-18-3-5-19(6-4-18)16-31-23(32)8-7-20(28-31)24(33)25-9-14-34-22-15-21(26-17-27-22)30-12-10-29(2)11-13-30/h3-8,15,17H,9-14,16H2,1-2H3,(H,25,33). The van der Waals surface area contributed by atoms with Crippen molar-refractivity contribution in [3.05, 3.63) is 76.0 Å². The molecule has 10 nitrogen and oxygen atoms in total. The van der Waals surface area contributed by atoms with Crippen molar-refractivity contribution in [1.29, 1.82) is 0 Å². The molecule has 1 aliphatic heterocycles. The van der Waals surface area contributed by atoms with E-state index in [1.165, 1.54) is 23.1 Å². The van der Waals surface area contributed by atoms with Gasteiger partial charge in [0, 0.05) is 38.3 Å². The van der Waals surface area contributed by atoms with Gasteiger partial charge in [0.05, 0.1) is 13.1 Å². The summed E-state index contributed by atoms with van der Waals surface area (Å²) in [4.78, 5) is 37.7. The first-order valence-electron chi connectivity index (χ1n) is 11.3. The number of aryl methyl sites for hydroxylation is 1. The second kappa shape index (κ2) is 10.9. The molecule has 34 heavy (non-hydrogen) atoms. The third kappa shape index (κ3) is 6.16. The Bertz CT molecular complexity index is 1170. The van der Waals surface area contributed by atoms with Gasteiger partial charge in [-0.15, -0.1) is 0 Å². The third-order valence-electron chi connectivity index (χ3n) is 5.64. The average molecular weight is 464 g/mol. The number of carbonyl (C=O) groups excluding carboxylic acids is 1. The number of piperazine rings is 1. The molecule has 1 saturated heterocycles. The molecule has 1 aromatic carbocycles. The lowest BCUT2D eigenvalue weighted by Gasteiger charge is -2.33. The smallest absolute Gasteiger partial charge is 0.271 e. The van der Waals surface area contributed by atoms with Gasteiger partial charge in [0.15, 0.2) is 0 Å². The van der Waals surface area contributed by atoms with Crippen molar-refractivity contribution in [2.45, 2.75) is 13.5 Å². The van der Waals surface area contributed by atoms with E-state index >= 15 is 0 Å². The predicted molar refractivity (Wildman–Crippen MR) is 128 cm³/mol. The minimum Gasteiger partial charge on any atom is -0.476 e. The van der Waals surface area contributed by atoms with E-state index in [4.69, 9.17) is 4.74 Å². The summed E-state index contributed by atoms with van der Waals surface area (Å²) >= 11 is 0. The van der Waals surface area contributed by atoms with Crippen LogP contribution in [0.25, 0.3) is 0 Å². The van der Waals surface area contributed by atoms with Crippen LogP contribution in [0.2, 0.25) is 0 Å². The Morgan fingerprint density at radius 3 is 2.59 bits per heavy atom. The number of likely N-dealkylation sites (N-methyl/N-ethyl adjacent to an activating group) is 1. The molecule has 1 amide bonds. The molecule has 0 unspecified atom stereocenters. The normalized spacial score (nSPS) is 14.1. The summed E-state index contributed by atoms with van der Waals surface area (Å²) in [5.74, 6) is 0.923. The second-order valence-electron chi connectivity index (χ2n) is 8.31. The average Bonchev–Trinajstić information content (AvgIpc) is 2.85. The lowest BCUT2D eigenvalue weighted by molar-refractivity contribution is 0.0939. The van der Waals surface area contributed by atoms with Crippen LogP contribution in [-0.4, -0.2) is 76.9 Å². The minimum atomic E-state index is -0.373. The first-order valence-corrected chi connectivity index (χ1v) is 11.3. The number of hydrogen-bond donors (Lipinski definition) is 1. The number of ether oxygens (including phenoxy) is 1. The van der Waals surface area contributed by atoms with Crippen LogP contribution in [0.3, 0.4) is 0 Å². The fourth-order valence-electron chi connectivity index (χ4n) is 3.58. The Kier molecular flexibility index (Phi) is 7.48. The van der Waals surface area contributed by atoms with E-state index < -0.39 is 0 Å². The molecule has 0 saturated carbocycles. The summed E-state index contributed by atoms with van der Waals surface area (Å²) in [6.07, 6.45) is 1.49. The molecule has 1 fully saturated rings. The van der Waals surface area contributed by atoms with Gasteiger partial charge in [-0.3, -0.25) is 9.59 Å². The van der Waals surface area contributed by atoms with E-state index in [0.29, 0.717) is 12.4 Å². The molecule has 0 radical (unpaired) electrons. The lowest BCUT2D eigenvalue weighted by Crippen LogP contribution is -2.44. The van der Waals surface area contributed by atoms with Crippen molar-refractivity contribution in [1.82, 2.24) is 30.0 Å². The van der Waals surface area contributed by atoms with Crippen LogP contribution in [0.5, 0.6) is 5.88 Å². The maximum absolute atomic E-state index is 12.5. The fourth-order valence-corrected chi connectivity index (χ4v) is 3.58. The Hall–Kier alpha value is -3.79. The molecule has 1 N–H and O–H groups in total. The van der Waals surface area contributed by atoms with Crippen LogP contribution in [-0.2, 0) is 6.54 Å². The Morgan fingerprint density at radius 2 is 1.82 bits per heavy atom. The van der Waals surface area contributed by atoms with Crippen LogP contribution in [0.15, 0.2) is 53.6 Å². The largest absolute Gasteiger partial charge is 0.476 e. The van der Waals surface area contributed by atoms with E-state index in [0.717, 1.165) is 43.1 Å². The van der Waals surface area contributed by atoms with E-state index in [1.54, 1.807) is 0 Å². The number of benzene rings is 1. The number of anilines is 1. The van der Waals surface area contributed by atoms with Gasteiger partial charge >= 0.3 is 0 Å². The van der Waals surface area contributed by atoms with E-state index in [9.17, 15) is 9.59 Å². The van der Waals surface area contributed by atoms with E-state index in [-0.39, 0.29) is 30.3 Å². The van der Waals surface area contributed by atoms with Gasteiger partial charge in [-0.2, -0.15) is 5.10 Å². The first-order chi connectivity index (χ1) is 16.5. The van der Waals surface area contributed by atoms with Crippen molar-refractivity contribution < 1.29 is 9.53 Å². The molecule has 2 aromatic heterocycles. The monoisotopic (exact) mass is 463 g/mol. The molecule has 0 atom stereocenters. The molecule has 3 aromatic rings. The molecule has 4 rings (SSSR count). The van der Waals surface area contributed by atoms with Crippen LogP contribution in [0.4, 0.5) is 5.82 Å². The zero-order chi connectivity index (χ0) is 23.9. The number of hydrogen-bond acceptors (Lipinski definition) is 8. The number of carbonyl (C=O) groups is 1. The van der Waals surface area contributed by atoms with Crippen molar-refractivity contribution in [3.8, 4) is 5.88 Å². The number of amides is 1. The van der Waals surface area contributed by atoms with Crippen molar-refractivity contribution >= 4 is 11.7 Å². The van der Waals surface area contributed by atoms with Crippen LogP contribution >= 0.6 is 0 Å². The first kappa shape index (κ1) is 23.4. The quantitative estimate of drug-likeness (QED) is 0.493. The SMILES string of the molecule is Cc1ccc(Cn2nc(C(=O)NCCOc3cc(N4CCN(C)CC4)ncn3)ccc2=O)cc1. The third-order valence-corrected chi connectivity index (χ3v) is 5.64. The molecule has 1 aliphatic rings. The van der Waals surface area contributed by atoms with Gasteiger partial charge in [0.25, 0.3) is 11.5 Å². The topological polar surface area (TPSA) is 105 Å². The van der Waals surface area contributed by atoms with Gasteiger partial charge < -0.3 is 19.9 Å². The zero-order valence-electron chi connectivity index (χ0n) is 19.5. The lowest BCUT2D eigenvalue weighted by atomic mass is 10.1. The van der Waals surface area contributed by atoms with Gasteiger partial charge in [-0.05, 0) is 25.6 Å². The summed E-state index contributed by atoms with van der Waals surface area (Å²) in [6.45, 7) is 6.59. The highest BCUT2D eigenvalue weighted by Gasteiger charge is 2.16. The number of nitrogens with one attached hydrogen (secondary N) is 1. The molecule has 3 heterocycles. The van der Waals surface area contributed by atoms with Crippen molar-refractivity contribution in [3.63, 3.8) is 0 Å². The van der Waals surface area contributed by atoms with E-state index in [2.05, 4.69) is 37.2 Å². The Balaban J connectivity index is 1.28. The minimum absolute atomic E-state index is 0.172. The maximum Gasteiger partial charge on any atom is 0.271 e. The van der Waals surface area contributed by atoms with Gasteiger partial charge in [-0.25, -0.2) is 14.6 Å². The van der Waals surface area contributed by atoms with Gasteiger partial charge in [0.1, 0.15) is 24.4 Å². The van der Waals surface area contributed by atoms with Gasteiger partial charge in [0.2, 0.25) is 5.88 Å². The van der Waals surface area contributed by atoms with Crippen LogP contribution in [0, 0.1) is 6.92 Å². The van der Waals surface area contributed by atoms with Crippen LogP contribution < -0.4 is 20.5 Å². The van der Waals surface area contributed by atoms with Crippen molar-refractivity contribution in [2.24, 2.45) is 0 Å². The highest BCUT2D eigenvalue weighted by atomic mass is 16.5. The highest BCUT2D eigenvalue weighted by Crippen LogP contribution is 2.17. The molecular formula is C24H29N7O3. The van der Waals surface area contributed by atoms with E-state index in [1.807, 2.05) is 37.3 Å². The van der Waals surface area contributed by atoms with Crippen LogP contribution in [0.1, 0.15) is 21.6 Å². The summed E-state index contributed by atoms with van der Waals surface area (Å²) in [5.41, 5.74) is 1.98. The highest BCUT2D eigenvalue weighted by molar-refractivity contribution is 5.91. The molecular weight excluding hydrogens is 434 g/mol. The van der Waals surface area contributed by atoms with Gasteiger partial charge in [-0.1, -0.05) is 29.8 Å². The Morgan fingerprint density at radius 1 is 1.06 bits per heavy atom. The Labute approximate surface area is 198 Å². The zero-order valence-corrected chi connectivity index (χ0v) is 19.5. The molecule has 178 valence electrons. The molecule has 0 bridgehead atoms. The summed E-state index contributed by atoms with van der Waals surface area (Å²) in [6, 6.07) is 12.4. The van der Waals surface area contributed by atoms with Crippen molar-refractivity contribution in [2.75, 3.05) is 51.3 Å². The molecule has 0 spiro atoms. The fraction of sp³-hybridized carbons (Fsp3) is 0.375. The number of aromatic nitrogens is 4. The summed E-state index contributed by atoms with van der Waals surface area (Å²) in [5, 5.41) is 6.99. The number of nitrogens with zero attached hydrogens (tertiary/aromatic N) is 6. The maximum atomic E-state index is 12.5. The summed E-state index contributed by atoms with van der Waals surface area (Å²) < 4.78 is 6.99. The molecule has 10 heteroatoms.